The van der Waals surface area contributed by atoms with Gasteiger partial charge in [-0.2, -0.15) is 0 Å². The normalized spacial score (nSPS) is 11.2. The van der Waals surface area contributed by atoms with Crippen LogP contribution in [0.4, 0.5) is 0 Å². The summed E-state index contributed by atoms with van der Waals surface area (Å²) in [7, 11) is 1.69. The van der Waals surface area contributed by atoms with Crippen molar-refractivity contribution < 1.29 is 4.74 Å². The maximum Gasteiger partial charge on any atom is 0.119 e. The van der Waals surface area contributed by atoms with E-state index in [0.717, 1.165) is 23.3 Å². The molecule has 0 aliphatic carbocycles. The molecule has 0 saturated carbocycles. The van der Waals surface area contributed by atoms with E-state index < -0.39 is 0 Å². The second kappa shape index (κ2) is 7.24. The molecule has 0 aromatic heterocycles. The maximum atomic E-state index is 5.83. The zero-order valence-corrected chi connectivity index (χ0v) is 12.9. The minimum absolute atomic E-state index is 0.479. The number of rotatable bonds is 6. The lowest BCUT2D eigenvalue weighted by atomic mass is 10.2. The van der Waals surface area contributed by atoms with Crippen LogP contribution in [0.1, 0.15) is 19.4 Å². The zero-order chi connectivity index (χ0) is 12.8. The molecule has 0 bridgehead atoms. The van der Waals surface area contributed by atoms with Crippen LogP contribution in [0.15, 0.2) is 22.7 Å². The van der Waals surface area contributed by atoms with Crippen LogP contribution in [-0.2, 0) is 6.54 Å². The Morgan fingerprint density at radius 3 is 2.65 bits per heavy atom. The van der Waals surface area contributed by atoms with E-state index in [0.29, 0.717) is 11.9 Å². The lowest BCUT2D eigenvalue weighted by Crippen LogP contribution is -2.32. The molecule has 1 aromatic carbocycles. The van der Waals surface area contributed by atoms with Gasteiger partial charge in [-0.15, -0.1) is 11.6 Å². The number of hydrogen-bond acceptors (Lipinski definition) is 2. The lowest BCUT2D eigenvalue weighted by Gasteiger charge is -2.26. The molecule has 0 heterocycles. The summed E-state index contributed by atoms with van der Waals surface area (Å²) >= 11 is 9.40. The molecular formula is C13H19BrClNO. The smallest absolute Gasteiger partial charge is 0.119 e. The third kappa shape index (κ3) is 4.49. The third-order valence-corrected chi connectivity index (χ3v) is 3.67. The second-order valence-corrected chi connectivity index (χ2v) is 5.44. The van der Waals surface area contributed by atoms with Gasteiger partial charge in [0.15, 0.2) is 0 Å². The van der Waals surface area contributed by atoms with Gasteiger partial charge in [0.25, 0.3) is 0 Å². The Kier molecular flexibility index (Phi) is 6.31. The van der Waals surface area contributed by atoms with Gasteiger partial charge >= 0.3 is 0 Å². The van der Waals surface area contributed by atoms with Crippen LogP contribution in [0.25, 0.3) is 0 Å². The summed E-state index contributed by atoms with van der Waals surface area (Å²) in [5.74, 6) is 1.54. The van der Waals surface area contributed by atoms with E-state index in [1.165, 1.54) is 5.56 Å². The molecular weight excluding hydrogens is 302 g/mol. The minimum atomic E-state index is 0.479. The molecule has 1 rings (SSSR count). The van der Waals surface area contributed by atoms with Gasteiger partial charge in [0.2, 0.25) is 0 Å². The number of nitrogens with zero attached hydrogens (tertiary/aromatic N) is 1. The first kappa shape index (κ1) is 14.8. The van der Waals surface area contributed by atoms with Gasteiger partial charge in [0.1, 0.15) is 5.75 Å². The molecule has 0 N–H and O–H groups in total. The maximum absolute atomic E-state index is 5.83. The van der Waals surface area contributed by atoms with Gasteiger partial charge in [-0.05, 0) is 37.6 Å². The van der Waals surface area contributed by atoms with Crippen LogP contribution in [0.2, 0.25) is 0 Å². The predicted molar refractivity (Wildman–Crippen MR) is 77.0 cm³/mol. The summed E-state index contributed by atoms with van der Waals surface area (Å²) in [6.07, 6.45) is 0. The van der Waals surface area contributed by atoms with Crippen molar-refractivity contribution in [2.45, 2.75) is 26.4 Å². The van der Waals surface area contributed by atoms with Crippen LogP contribution in [0.3, 0.4) is 0 Å². The topological polar surface area (TPSA) is 12.5 Å². The third-order valence-electron chi connectivity index (χ3n) is 2.73. The molecule has 2 nitrogen and oxygen atoms in total. The molecule has 0 amide bonds. The highest BCUT2D eigenvalue weighted by Crippen LogP contribution is 2.24. The van der Waals surface area contributed by atoms with Crippen molar-refractivity contribution in [3.8, 4) is 5.75 Å². The van der Waals surface area contributed by atoms with Crippen molar-refractivity contribution in [3.63, 3.8) is 0 Å². The van der Waals surface area contributed by atoms with E-state index in [2.05, 4.69) is 40.7 Å². The molecule has 4 heteroatoms. The van der Waals surface area contributed by atoms with E-state index in [1.807, 2.05) is 12.1 Å². The van der Waals surface area contributed by atoms with E-state index in [4.69, 9.17) is 16.3 Å². The Hall–Kier alpha value is -0.250. The largest absolute Gasteiger partial charge is 0.497 e. The Labute approximate surface area is 117 Å². The lowest BCUT2D eigenvalue weighted by molar-refractivity contribution is 0.225. The minimum Gasteiger partial charge on any atom is -0.497 e. The highest BCUT2D eigenvalue weighted by Gasteiger charge is 2.12. The summed E-state index contributed by atoms with van der Waals surface area (Å²) in [5.41, 5.74) is 1.23. The summed E-state index contributed by atoms with van der Waals surface area (Å²) in [6, 6.07) is 6.52. The summed E-state index contributed by atoms with van der Waals surface area (Å²) in [5, 5.41) is 0. The van der Waals surface area contributed by atoms with Crippen LogP contribution >= 0.6 is 27.5 Å². The van der Waals surface area contributed by atoms with Gasteiger partial charge in [-0.1, -0.05) is 15.9 Å². The fourth-order valence-corrected chi connectivity index (χ4v) is 2.24. The number of halogens is 2. The van der Waals surface area contributed by atoms with Crippen LogP contribution in [-0.4, -0.2) is 30.5 Å². The van der Waals surface area contributed by atoms with Gasteiger partial charge in [-0.25, -0.2) is 0 Å². The molecule has 0 aliphatic rings. The zero-order valence-electron chi connectivity index (χ0n) is 10.5. The molecule has 0 atom stereocenters. The highest BCUT2D eigenvalue weighted by molar-refractivity contribution is 9.10. The summed E-state index contributed by atoms with van der Waals surface area (Å²) in [4.78, 5) is 2.34. The average Bonchev–Trinajstić information content (AvgIpc) is 2.31. The molecule has 17 heavy (non-hydrogen) atoms. The Balaban J connectivity index is 2.84. The van der Waals surface area contributed by atoms with Crippen molar-refractivity contribution in [1.29, 1.82) is 0 Å². The van der Waals surface area contributed by atoms with Crippen molar-refractivity contribution >= 4 is 27.5 Å². The molecule has 0 fully saturated rings. The Morgan fingerprint density at radius 2 is 2.12 bits per heavy atom. The van der Waals surface area contributed by atoms with Gasteiger partial charge < -0.3 is 4.74 Å². The number of alkyl halides is 1. The first-order valence-corrected chi connectivity index (χ1v) is 7.03. The number of benzene rings is 1. The molecule has 0 radical (unpaired) electrons. The first-order chi connectivity index (χ1) is 8.08. The molecule has 1 aromatic rings. The quantitative estimate of drug-likeness (QED) is 0.737. The van der Waals surface area contributed by atoms with E-state index in [9.17, 15) is 0 Å². The fourth-order valence-electron chi connectivity index (χ4n) is 1.65. The summed E-state index contributed by atoms with van der Waals surface area (Å²) in [6.45, 7) is 6.13. The Morgan fingerprint density at radius 1 is 1.41 bits per heavy atom. The second-order valence-electron chi connectivity index (χ2n) is 4.21. The highest BCUT2D eigenvalue weighted by atomic mass is 79.9. The van der Waals surface area contributed by atoms with Gasteiger partial charge in [-0.3, -0.25) is 4.90 Å². The molecule has 0 unspecified atom stereocenters. The molecule has 0 spiro atoms. The van der Waals surface area contributed by atoms with Crippen LogP contribution in [0.5, 0.6) is 5.75 Å². The number of hydrogen-bond donors (Lipinski definition) is 0. The predicted octanol–water partition coefficient (Wildman–Crippen LogP) is 3.91. The molecule has 0 aliphatic heterocycles. The molecule has 0 saturated heterocycles. The SMILES string of the molecule is COc1ccc(Br)c(CN(CCCl)C(C)C)c1. The molecule has 96 valence electrons. The fraction of sp³-hybridized carbons (Fsp3) is 0.538. The standard InChI is InChI=1S/C13H19BrClNO/c1-10(2)16(7-6-15)9-11-8-12(17-3)4-5-13(11)14/h4-5,8,10H,6-7,9H2,1-3H3. The average molecular weight is 321 g/mol. The number of methoxy groups -OCH3 is 1. The van der Waals surface area contributed by atoms with Crippen molar-refractivity contribution in [2.24, 2.45) is 0 Å². The van der Waals surface area contributed by atoms with Crippen molar-refractivity contribution in [2.75, 3.05) is 19.5 Å². The van der Waals surface area contributed by atoms with Gasteiger partial charge in [0, 0.05) is 29.5 Å². The van der Waals surface area contributed by atoms with Crippen LogP contribution < -0.4 is 4.74 Å². The van der Waals surface area contributed by atoms with E-state index in [1.54, 1.807) is 7.11 Å². The van der Waals surface area contributed by atoms with Gasteiger partial charge in [0.05, 0.1) is 7.11 Å². The summed E-state index contributed by atoms with van der Waals surface area (Å²) < 4.78 is 6.36. The van der Waals surface area contributed by atoms with Crippen molar-refractivity contribution in [3.05, 3.63) is 28.2 Å². The van der Waals surface area contributed by atoms with Crippen molar-refractivity contribution in [1.82, 2.24) is 4.90 Å². The van der Waals surface area contributed by atoms with E-state index in [-0.39, 0.29) is 0 Å². The van der Waals surface area contributed by atoms with Crippen LogP contribution in [0, 0.1) is 0 Å². The first-order valence-electron chi connectivity index (χ1n) is 5.71. The number of ether oxygens (including phenoxy) is 1. The monoisotopic (exact) mass is 319 g/mol. The Bertz CT molecular complexity index is 357. The van der Waals surface area contributed by atoms with E-state index >= 15 is 0 Å².